The molecule has 5 heavy (non-hydrogen) atoms. The first-order chi connectivity index (χ1) is 1.91. The molecule has 0 amide bonds. The van der Waals surface area contributed by atoms with Crippen molar-refractivity contribution < 1.29 is 24.4 Å². The van der Waals surface area contributed by atoms with E-state index >= 15 is 0 Å². The van der Waals surface area contributed by atoms with Crippen LogP contribution in [-0.4, -0.2) is 0 Å². The molecule has 0 aliphatic rings. The Morgan fingerprint density at radius 2 is 2.00 bits per heavy atom. The molecular weight excluding hydrogens is 163 g/mol. The average molecular weight is 165 g/mol. The molecule has 33 valence electrons. The second kappa shape index (κ2) is 9.01. The maximum Gasteiger partial charge on any atom is 0.176 e. The molecule has 1 radical (unpaired) electrons. The molecule has 0 heterocycles. The van der Waals surface area contributed by atoms with Crippen molar-refractivity contribution in [1.82, 2.24) is 0 Å². The number of hydrogen-bond donors (Lipinski definition) is 1. The first kappa shape index (κ1) is 8.88. The van der Waals surface area contributed by atoms with E-state index in [9.17, 15) is 0 Å². The third-order valence-corrected chi connectivity index (χ3v) is 0.0430. The van der Waals surface area contributed by atoms with Gasteiger partial charge >= 0.3 is 0 Å². The maximum atomic E-state index is 8.58. The first-order valence-electron chi connectivity index (χ1n) is 0.601. The molecule has 5 heteroatoms. The largest absolute Gasteiger partial charge is 0.266 e. The van der Waals surface area contributed by atoms with E-state index in [1.807, 2.05) is 0 Å². The summed E-state index contributed by atoms with van der Waals surface area (Å²) in [5, 5.41) is 1.76. The van der Waals surface area contributed by atoms with Crippen LogP contribution in [0.1, 0.15) is 0 Å². The summed E-state index contributed by atoms with van der Waals surface area (Å²) < 4.78 is 0. The molecule has 0 spiro atoms. The number of nitrogens with zero attached hydrogens (tertiary/aromatic N) is 1. The molecule has 0 aromatic rings. The van der Waals surface area contributed by atoms with Crippen LogP contribution in [0.4, 0.5) is 0 Å². The minimum absolute atomic E-state index is 0. The predicted molar refractivity (Wildman–Crippen MR) is 11.1 cm³/mol. The quantitative estimate of drug-likeness (QED) is 0.325. The summed E-state index contributed by atoms with van der Waals surface area (Å²) in [6.45, 7) is 0. The van der Waals surface area contributed by atoms with E-state index in [1.165, 1.54) is 0 Å². The van der Waals surface area contributed by atoms with Crippen molar-refractivity contribution in [2.75, 3.05) is 0 Å². The monoisotopic (exact) mass is 165 g/mol. The predicted octanol–water partition coefficient (Wildman–Crippen LogP) is -0.444. The van der Waals surface area contributed by atoms with Crippen LogP contribution in [-0.2, 0) is 24.4 Å². The molecule has 0 saturated carbocycles. The summed E-state index contributed by atoms with van der Waals surface area (Å²) in [6, 6.07) is 0. The average Bonchev–Trinajstić information content (AvgIpc) is 1.37. The van der Waals surface area contributed by atoms with Gasteiger partial charge in [-0.25, -0.2) is 0 Å². The third-order valence-electron chi connectivity index (χ3n) is 0.0430. The third kappa shape index (κ3) is 16.2. The van der Waals surface area contributed by atoms with Crippen LogP contribution in [0.15, 0.2) is 5.34 Å². The fourth-order valence-corrected chi connectivity index (χ4v) is 0. The summed E-state index contributed by atoms with van der Waals surface area (Å²) in [5.74, 6) is 4.05. The molecule has 0 aliphatic carbocycles. The van der Waals surface area contributed by atoms with Gasteiger partial charge in [-0.1, -0.05) is 0 Å². The Balaban J connectivity index is 0. The van der Waals surface area contributed by atoms with Crippen molar-refractivity contribution in [2.24, 2.45) is 11.2 Å². The second-order valence-electron chi connectivity index (χ2n) is 0.180. The van der Waals surface area contributed by atoms with Crippen LogP contribution in [0.2, 0.25) is 0 Å². The van der Waals surface area contributed by atoms with Gasteiger partial charge in [0.05, 0.1) is 0 Å². The number of nitrogens with two attached hydrogens (primary N) is 1. The zero-order valence-electron chi connectivity index (χ0n) is 2.17. The first-order valence-corrected chi connectivity index (χ1v) is 0.601. The minimum Gasteiger partial charge on any atom is -0.266 e. The van der Waals surface area contributed by atoms with E-state index in [2.05, 4.69) is 10.8 Å². The van der Waals surface area contributed by atoms with Gasteiger partial charge in [-0.05, 0) is 0 Å². The fourth-order valence-electron chi connectivity index (χ4n) is 0. The molecule has 0 fully saturated rings. The van der Waals surface area contributed by atoms with Gasteiger partial charge in [-0.3, -0.25) is 4.94 Å². The molecule has 0 saturated heterocycles. The van der Waals surface area contributed by atoms with E-state index in [4.69, 9.17) is 4.91 Å². The topological polar surface area (TPSA) is 64.7 Å². The zero-order valence-corrected chi connectivity index (χ0v) is 3.81. The van der Waals surface area contributed by atoms with Crippen LogP contribution >= 0.6 is 0 Å². The molecule has 0 rings (SSSR count). The summed E-state index contributed by atoms with van der Waals surface area (Å²) >= 11 is 0. The van der Waals surface area contributed by atoms with Crippen LogP contribution in [0.25, 0.3) is 0 Å². The smallest absolute Gasteiger partial charge is 0.176 e. The Bertz CT molecular complexity index is 21.6. The summed E-state index contributed by atoms with van der Waals surface area (Å²) in [4.78, 5) is 11.7. The Morgan fingerprint density at radius 1 is 1.80 bits per heavy atom. The van der Waals surface area contributed by atoms with Crippen LogP contribution < -0.4 is 5.90 Å². The van der Waals surface area contributed by atoms with Crippen LogP contribution in [0.3, 0.4) is 0 Å². The summed E-state index contributed by atoms with van der Waals surface area (Å²) in [7, 11) is 0. The Hall–Kier alpha value is -0.0166. The fraction of sp³-hybridized carbons (Fsp3) is 0. The van der Waals surface area contributed by atoms with E-state index in [1.54, 1.807) is 5.34 Å². The van der Waals surface area contributed by atoms with E-state index in [-0.39, 0.29) is 19.5 Å². The minimum atomic E-state index is 0. The van der Waals surface area contributed by atoms with Gasteiger partial charge in [-0.2, -0.15) is 0 Å². The van der Waals surface area contributed by atoms with Crippen LogP contribution in [0, 0.1) is 4.91 Å². The standard InChI is InChI=1S/H2N2O2.Rh/c1-4-2-3;/h1H2;. The van der Waals surface area contributed by atoms with Crippen molar-refractivity contribution in [3.05, 3.63) is 4.91 Å². The molecule has 0 atom stereocenters. The number of hydrogen-bond acceptors (Lipinski definition) is 4. The van der Waals surface area contributed by atoms with Gasteiger partial charge in [-0.15, -0.1) is 10.8 Å². The molecular formula is H2N2O2Rh. The van der Waals surface area contributed by atoms with Crippen LogP contribution in [0.5, 0.6) is 0 Å². The zero-order chi connectivity index (χ0) is 3.41. The Morgan fingerprint density at radius 3 is 2.00 bits per heavy atom. The molecule has 4 nitrogen and oxygen atoms in total. The van der Waals surface area contributed by atoms with Gasteiger partial charge in [0.1, 0.15) is 0 Å². The van der Waals surface area contributed by atoms with Crippen molar-refractivity contribution in [2.45, 2.75) is 0 Å². The molecule has 0 aliphatic heterocycles. The van der Waals surface area contributed by atoms with Crippen molar-refractivity contribution in [1.29, 1.82) is 0 Å². The SMILES string of the molecule is NON=O.[Rh]. The molecule has 0 aromatic heterocycles. The van der Waals surface area contributed by atoms with Gasteiger partial charge in [0.15, 0.2) is 5.34 Å². The molecule has 0 unspecified atom stereocenters. The maximum absolute atomic E-state index is 8.58. The van der Waals surface area contributed by atoms with Gasteiger partial charge in [0.25, 0.3) is 0 Å². The van der Waals surface area contributed by atoms with E-state index in [0.29, 0.717) is 0 Å². The van der Waals surface area contributed by atoms with Gasteiger partial charge in [0.2, 0.25) is 0 Å². The van der Waals surface area contributed by atoms with Crippen molar-refractivity contribution in [3.8, 4) is 0 Å². The van der Waals surface area contributed by atoms with E-state index < -0.39 is 0 Å². The van der Waals surface area contributed by atoms with Gasteiger partial charge < -0.3 is 0 Å². The Kier molecular flexibility index (Phi) is 16.0. The van der Waals surface area contributed by atoms with Crippen molar-refractivity contribution in [3.63, 3.8) is 0 Å². The van der Waals surface area contributed by atoms with Gasteiger partial charge in [0, 0.05) is 19.5 Å². The number of rotatable bonds is 1. The van der Waals surface area contributed by atoms with E-state index in [0.717, 1.165) is 0 Å². The summed E-state index contributed by atoms with van der Waals surface area (Å²) in [5.41, 5.74) is 0. The molecule has 0 bridgehead atoms. The Labute approximate surface area is 41.3 Å². The second-order valence-corrected chi connectivity index (χ2v) is 0.180. The van der Waals surface area contributed by atoms with Crippen molar-refractivity contribution >= 4 is 0 Å². The normalized spacial score (nSPS) is 4.20. The molecule has 2 N–H and O–H groups in total. The molecule has 0 aromatic carbocycles. The summed E-state index contributed by atoms with van der Waals surface area (Å²) in [6.07, 6.45) is 0.